The van der Waals surface area contributed by atoms with Crippen LogP contribution in [0.25, 0.3) is 5.52 Å². The summed E-state index contributed by atoms with van der Waals surface area (Å²) in [4.78, 5) is 33.1. The lowest BCUT2D eigenvalue weighted by Crippen LogP contribution is -2.39. The lowest BCUT2D eigenvalue weighted by atomic mass is 10.2. The number of imidazole rings is 1. The summed E-state index contributed by atoms with van der Waals surface area (Å²) < 4.78 is 1.94. The zero-order chi connectivity index (χ0) is 18.0. The van der Waals surface area contributed by atoms with Gasteiger partial charge < -0.3 is 19.5 Å². The summed E-state index contributed by atoms with van der Waals surface area (Å²) in [6.07, 6.45) is 4.57. The standard InChI is InChI=1S/C18H25N5O2/c1-4-10-19-17(24)15-13-8-5-6-11-22(13)16(20-15)14-9-7-12-23(14)18(25)21(2)3/h5-6,8,11,14H,4,7,9-10,12H2,1-3H3,(H,19,24). The SMILES string of the molecule is CCCNC(=O)c1nc(C2CCCN2C(=O)N(C)C)n2ccccc12. The van der Waals surface area contributed by atoms with Gasteiger partial charge in [-0.25, -0.2) is 9.78 Å². The second kappa shape index (κ2) is 7.13. The number of hydrogen-bond acceptors (Lipinski definition) is 3. The number of nitrogens with zero attached hydrogens (tertiary/aromatic N) is 4. The van der Waals surface area contributed by atoms with E-state index in [-0.39, 0.29) is 18.0 Å². The number of carbonyl (C=O) groups excluding carboxylic acids is 2. The minimum absolute atomic E-state index is 0.0211. The van der Waals surface area contributed by atoms with Gasteiger partial charge in [-0.1, -0.05) is 13.0 Å². The molecule has 134 valence electrons. The lowest BCUT2D eigenvalue weighted by Gasteiger charge is -2.27. The highest BCUT2D eigenvalue weighted by molar-refractivity contribution is 5.99. The molecule has 3 rings (SSSR count). The number of rotatable bonds is 4. The summed E-state index contributed by atoms with van der Waals surface area (Å²) in [6, 6.07) is 5.57. The Morgan fingerprint density at radius 2 is 2.16 bits per heavy atom. The van der Waals surface area contributed by atoms with Crippen molar-refractivity contribution in [1.82, 2.24) is 24.5 Å². The number of hydrogen-bond donors (Lipinski definition) is 1. The van der Waals surface area contributed by atoms with E-state index in [1.54, 1.807) is 19.0 Å². The number of nitrogens with one attached hydrogen (secondary N) is 1. The van der Waals surface area contributed by atoms with E-state index in [1.165, 1.54) is 0 Å². The molecule has 0 bridgehead atoms. The molecular weight excluding hydrogens is 318 g/mol. The van der Waals surface area contributed by atoms with E-state index in [9.17, 15) is 9.59 Å². The van der Waals surface area contributed by atoms with Gasteiger partial charge >= 0.3 is 6.03 Å². The predicted octanol–water partition coefficient (Wildman–Crippen LogP) is 2.29. The Labute approximate surface area is 147 Å². The summed E-state index contributed by atoms with van der Waals surface area (Å²) in [7, 11) is 3.51. The first-order valence-corrected chi connectivity index (χ1v) is 8.77. The minimum Gasteiger partial charge on any atom is -0.351 e. The molecule has 0 spiro atoms. The third-order valence-electron chi connectivity index (χ3n) is 4.51. The van der Waals surface area contributed by atoms with Crippen molar-refractivity contribution in [2.24, 2.45) is 0 Å². The maximum absolute atomic E-state index is 12.5. The number of carbonyl (C=O) groups is 2. The van der Waals surface area contributed by atoms with Crippen LogP contribution in [0.1, 0.15) is 48.5 Å². The molecule has 3 amide bonds. The topological polar surface area (TPSA) is 70.0 Å². The molecule has 1 unspecified atom stereocenters. The third kappa shape index (κ3) is 3.18. The highest BCUT2D eigenvalue weighted by Crippen LogP contribution is 2.33. The molecule has 1 aliphatic rings. The molecule has 25 heavy (non-hydrogen) atoms. The maximum Gasteiger partial charge on any atom is 0.320 e. The van der Waals surface area contributed by atoms with E-state index < -0.39 is 0 Å². The fourth-order valence-electron chi connectivity index (χ4n) is 3.31. The number of fused-ring (bicyclic) bond motifs is 1. The van der Waals surface area contributed by atoms with Crippen molar-refractivity contribution < 1.29 is 9.59 Å². The van der Waals surface area contributed by atoms with Gasteiger partial charge in [-0.05, 0) is 31.4 Å². The summed E-state index contributed by atoms with van der Waals surface area (Å²) in [5.74, 6) is 0.588. The number of aromatic nitrogens is 2. The van der Waals surface area contributed by atoms with Crippen LogP contribution in [-0.2, 0) is 0 Å². The van der Waals surface area contributed by atoms with Gasteiger partial charge in [0.2, 0.25) is 0 Å². The molecule has 0 radical (unpaired) electrons. The van der Waals surface area contributed by atoms with Crippen LogP contribution in [0.4, 0.5) is 4.79 Å². The molecule has 1 fully saturated rings. The van der Waals surface area contributed by atoms with Crippen molar-refractivity contribution in [3.05, 3.63) is 35.9 Å². The fraction of sp³-hybridized carbons (Fsp3) is 0.500. The maximum atomic E-state index is 12.5. The molecule has 1 aliphatic heterocycles. The van der Waals surface area contributed by atoms with Crippen LogP contribution >= 0.6 is 0 Å². The van der Waals surface area contributed by atoms with Gasteiger partial charge in [-0.3, -0.25) is 4.79 Å². The number of amides is 3. The second-order valence-corrected chi connectivity index (χ2v) is 6.56. The monoisotopic (exact) mass is 343 g/mol. The van der Waals surface area contributed by atoms with Gasteiger partial charge in [-0.2, -0.15) is 0 Å². The highest BCUT2D eigenvalue weighted by atomic mass is 16.2. The van der Waals surface area contributed by atoms with Gasteiger partial charge in [0.1, 0.15) is 5.82 Å². The van der Waals surface area contributed by atoms with Crippen molar-refractivity contribution in [2.75, 3.05) is 27.2 Å². The van der Waals surface area contributed by atoms with Crippen LogP contribution in [0.3, 0.4) is 0 Å². The molecular formula is C18H25N5O2. The lowest BCUT2D eigenvalue weighted by molar-refractivity contribution is 0.0950. The minimum atomic E-state index is -0.166. The zero-order valence-corrected chi connectivity index (χ0v) is 15.0. The molecule has 2 aromatic rings. The van der Waals surface area contributed by atoms with Crippen LogP contribution in [0, 0.1) is 0 Å². The largest absolute Gasteiger partial charge is 0.351 e. The first-order valence-electron chi connectivity index (χ1n) is 8.77. The second-order valence-electron chi connectivity index (χ2n) is 6.56. The van der Waals surface area contributed by atoms with Crippen molar-refractivity contribution in [2.45, 2.75) is 32.2 Å². The summed E-state index contributed by atoms with van der Waals surface area (Å²) in [5.41, 5.74) is 1.20. The van der Waals surface area contributed by atoms with E-state index in [0.29, 0.717) is 18.8 Å². The molecule has 3 heterocycles. The van der Waals surface area contributed by atoms with Crippen molar-refractivity contribution in [1.29, 1.82) is 0 Å². The van der Waals surface area contributed by atoms with E-state index in [2.05, 4.69) is 10.3 Å². The zero-order valence-electron chi connectivity index (χ0n) is 15.0. The van der Waals surface area contributed by atoms with Crippen molar-refractivity contribution in [3.63, 3.8) is 0 Å². The van der Waals surface area contributed by atoms with Gasteiger partial charge in [0, 0.05) is 33.4 Å². The highest BCUT2D eigenvalue weighted by Gasteiger charge is 2.34. The molecule has 1 saturated heterocycles. The van der Waals surface area contributed by atoms with Gasteiger partial charge in [0.15, 0.2) is 5.69 Å². The van der Waals surface area contributed by atoms with Gasteiger partial charge in [-0.15, -0.1) is 0 Å². The van der Waals surface area contributed by atoms with Crippen molar-refractivity contribution in [3.8, 4) is 0 Å². The third-order valence-corrected chi connectivity index (χ3v) is 4.51. The summed E-state index contributed by atoms with van der Waals surface area (Å²) in [5, 5.41) is 2.89. The van der Waals surface area contributed by atoms with Crippen LogP contribution < -0.4 is 5.32 Å². The Bertz CT molecular complexity index is 783. The van der Waals surface area contributed by atoms with Crippen LogP contribution in [0.2, 0.25) is 0 Å². The Kier molecular flexibility index (Phi) is 4.92. The average molecular weight is 343 g/mol. The Balaban J connectivity index is 2.02. The van der Waals surface area contributed by atoms with Crippen LogP contribution in [0.15, 0.2) is 24.4 Å². The Hall–Kier alpha value is -2.57. The fourth-order valence-corrected chi connectivity index (χ4v) is 3.31. The van der Waals surface area contributed by atoms with Gasteiger partial charge in [0.25, 0.3) is 5.91 Å². The van der Waals surface area contributed by atoms with E-state index >= 15 is 0 Å². The Morgan fingerprint density at radius 1 is 1.36 bits per heavy atom. The smallest absolute Gasteiger partial charge is 0.320 e. The molecule has 0 saturated carbocycles. The summed E-state index contributed by atoms with van der Waals surface area (Å²) >= 11 is 0. The van der Waals surface area contributed by atoms with Crippen LogP contribution in [-0.4, -0.2) is 58.3 Å². The number of pyridine rings is 1. The summed E-state index contributed by atoms with van der Waals surface area (Å²) in [6.45, 7) is 3.34. The predicted molar refractivity (Wildman–Crippen MR) is 95.6 cm³/mol. The molecule has 7 nitrogen and oxygen atoms in total. The first-order chi connectivity index (χ1) is 12.0. The first kappa shape index (κ1) is 17.3. The normalized spacial score (nSPS) is 17.1. The molecule has 1 atom stereocenters. The van der Waals surface area contributed by atoms with Crippen molar-refractivity contribution >= 4 is 17.5 Å². The number of urea groups is 1. The van der Waals surface area contributed by atoms with Gasteiger partial charge in [0.05, 0.1) is 11.6 Å². The molecule has 1 N–H and O–H groups in total. The van der Waals surface area contributed by atoms with E-state index in [0.717, 1.165) is 30.6 Å². The molecule has 0 aliphatic carbocycles. The van der Waals surface area contributed by atoms with E-state index in [4.69, 9.17) is 0 Å². The molecule has 7 heteroatoms. The molecule has 2 aromatic heterocycles. The Morgan fingerprint density at radius 3 is 2.88 bits per heavy atom. The van der Waals surface area contributed by atoms with Crippen LogP contribution in [0.5, 0.6) is 0 Å². The van der Waals surface area contributed by atoms with E-state index in [1.807, 2.05) is 40.6 Å². The average Bonchev–Trinajstić information content (AvgIpc) is 3.23. The quantitative estimate of drug-likeness (QED) is 0.926. The number of likely N-dealkylation sites (tertiary alicyclic amines) is 1. The molecule has 0 aromatic carbocycles.